The molecule has 0 radical (unpaired) electrons. The number of nitrogens with zero attached hydrogens (tertiary/aromatic N) is 3. The highest BCUT2D eigenvalue weighted by atomic mass is 35.5. The average molecular weight is 400 g/mol. The molecule has 0 spiro atoms. The summed E-state index contributed by atoms with van der Waals surface area (Å²) in [5.74, 6) is 1.49. The molecule has 0 saturated heterocycles. The van der Waals surface area contributed by atoms with Crippen LogP contribution in [-0.4, -0.2) is 34.2 Å². The lowest BCUT2D eigenvalue weighted by Crippen LogP contribution is -2.37. The highest BCUT2D eigenvalue weighted by Gasteiger charge is 2.21. The van der Waals surface area contributed by atoms with Crippen LogP contribution in [0.5, 0.6) is 5.75 Å². The van der Waals surface area contributed by atoms with Crippen LogP contribution in [0.4, 0.5) is 0 Å². The SMILES string of the molecule is COc1cccc(CC(=O)N(Cc2nnc(-c3ccc(Cl)cc3)o2)C(C)C)c1. The summed E-state index contributed by atoms with van der Waals surface area (Å²) in [5, 5.41) is 8.81. The van der Waals surface area contributed by atoms with E-state index in [2.05, 4.69) is 10.2 Å². The van der Waals surface area contributed by atoms with Crippen molar-refractivity contribution in [3.8, 4) is 17.2 Å². The Balaban J connectivity index is 1.72. The third-order valence-corrected chi connectivity index (χ3v) is 4.55. The van der Waals surface area contributed by atoms with Crippen molar-refractivity contribution in [1.82, 2.24) is 15.1 Å². The Kier molecular flexibility index (Phi) is 6.31. The first kappa shape index (κ1) is 19.9. The molecule has 3 aromatic rings. The predicted molar refractivity (Wildman–Crippen MR) is 107 cm³/mol. The van der Waals surface area contributed by atoms with Crippen molar-refractivity contribution in [3.05, 3.63) is 65.0 Å². The van der Waals surface area contributed by atoms with Crippen molar-refractivity contribution >= 4 is 17.5 Å². The molecule has 1 aromatic heterocycles. The molecule has 0 fully saturated rings. The molecule has 6 nitrogen and oxygen atoms in total. The van der Waals surface area contributed by atoms with Crippen molar-refractivity contribution in [2.45, 2.75) is 32.9 Å². The molecule has 7 heteroatoms. The van der Waals surface area contributed by atoms with Crippen molar-refractivity contribution in [1.29, 1.82) is 0 Å². The maximum absolute atomic E-state index is 12.9. The van der Waals surface area contributed by atoms with Gasteiger partial charge in [-0.2, -0.15) is 0 Å². The number of rotatable bonds is 7. The number of aromatic nitrogens is 2. The van der Waals surface area contributed by atoms with Gasteiger partial charge in [0.1, 0.15) is 5.75 Å². The van der Waals surface area contributed by atoms with E-state index in [0.29, 0.717) is 16.8 Å². The van der Waals surface area contributed by atoms with E-state index in [0.717, 1.165) is 16.9 Å². The van der Waals surface area contributed by atoms with Gasteiger partial charge in [0.15, 0.2) is 0 Å². The van der Waals surface area contributed by atoms with Gasteiger partial charge in [-0.15, -0.1) is 10.2 Å². The van der Waals surface area contributed by atoms with Crippen molar-refractivity contribution in [2.75, 3.05) is 7.11 Å². The van der Waals surface area contributed by atoms with Crippen LogP contribution in [0.15, 0.2) is 52.9 Å². The lowest BCUT2D eigenvalue weighted by Gasteiger charge is -2.25. The van der Waals surface area contributed by atoms with E-state index < -0.39 is 0 Å². The van der Waals surface area contributed by atoms with Crippen LogP contribution < -0.4 is 4.74 Å². The fourth-order valence-corrected chi connectivity index (χ4v) is 2.92. The molecule has 0 unspecified atom stereocenters. The molecule has 28 heavy (non-hydrogen) atoms. The Morgan fingerprint density at radius 3 is 2.61 bits per heavy atom. The molecule has 2 aromatic carbocycles. The molecule has 0 saturated carbocycles. The van der Waals surface area contributed by atoms with Crippen molar-refractivity contribution in [2.24, 2.45) is 0 Å². The van der Waals surface area contributed by atoms with Crippen LogP contribution in [0, 0.1) is 0 Å². The van der Waals surface area contributed by atoms with Gasteiger partial charge in [-0.05, 0) is 55.8 Å². The van der Waals surface area contributed by atoms with Gasteiger partial charge >= 0.3 is 0 Å². The van der Waals surface area contributed by atoms with Crippen molar-refractivity contribution < 1.29 is 13.9 Å². The van der Waals surface area contributed by atoms with Gasteiger partial charge in [-0.3, -0.25) is 4.79 Å². The highest BCUT2D eigenvalue weighted by Crippen LogP contribution is 2.21. The Morgan fingerprint density at radius 1 is 1.18 bits per heavy atom. The first-order valence-electron chi connectivity index (χ1n) is 8.97. The lowest BCUT2D eigenvalue weighted by molar-refractivity contribution is -0.133. The number of hydrogen-bond donors (Lipinski definition) is 0. The minimum atomic E-state index is -0.0190. The number of halogens is 1. The van der Waals surface area contributed by atoms with Crippen molar-refractivity contribution in [3.63, 3.8) is 0 Å². The van der Waals surface area contributed by atoms with E-state index >= 15 is 0 Å². The highest BCUT2D eigenvalue weighted by molar-refractivity contribution is 6.30. The van der Waals surface area contributed by atoms with Crippen LogP contribution in [0.3, 0.4) is 0 Å². The zero-order chi connectivity index (χ0) is 20.1. The molecule has 0 aliphatic carbocycles. The molecule has 1 amide bonds. The van der Waals surface area contributed by atoms with Gasteiger partial charge in [-0.1, -0.05) is 23.7 Å². The van der Waals surface area contributed by atoms with Crippen LogP contribution in [-0.2, 0) is 17.8 Å². The number of benzene rings is 2. The lowest BCUT2D eigenvalue weighted by atomic mass is 10.1. The third kappa shape index (κ3) is 4.89. The van der Waals surface area contributed by atoms with E-state index in [4.69, 9.17) is 20.8 Å². The van der Waals surface area contributed by atoms with Gasteiger partial charge in [0.05, 0.1) is 20.1 Å². The third-order valence-electron chi connectivity index (χ3n) is 4.30. The van der Waals surface area contributed by atoms with E-state index in [1.165, 1.54) is 0 Å². The second kappa shape index (κ2) is 8.89. The van der Waals surface area contributed by atoms with Gasteiger partial charge in [-0.25, -0.2) is 0 Å². The summed E-state index contributed by atoms with van der Waals surface area (Å²) in [4.78, 5) is 14.6. The van der Waals surface area contributed by atoms with Crippen LogP contribution in [0.25, 0.3) is 11.5 Å². The van der Waals surface area contributed by atoms with Crippen LogP contribution >= 0.6 is 11.6 Å². The minimum Gasteiger partial charge on any atom is -0.497 e. The Labute approximate surface area is 169 Å². The van der Waals surface area contributed by atoms with Crippen LogP contribution in [0.2, 0.25) is 5.02 Å². The average Bonchev–Trinajstić information content (AvgIpc) is 3.15. The summed E-state index contributed by atoms with van der Waals surface area (Å²) >= 11 is 5.91. The minimum absolute atomic E-state index is 0.0102. The monoisotopic (exact) mass is 399 g/mol. The van der Waals surface area contributed by atoms with Gasteiger partial charge < -0.3 is 14.1 Å². The molecule has 0 atom stereocenters. The molecule has 1 heterocycles. The van der Waals surface area contributed by atoms with E-state index in [9.17, 15) is 4.79 Å². The second-order valence-corrected chi connectivity index (χ2v) is 7.09. The zero-order valence-electron chi connectivity index (χ0n) is 16.1. The number of carbonyl (C=O) groups is 1. The topological polar surface area (TPSA) is 68.5 Å². The van der Waals surface area contributed by atoms with E-state index in [-0.39, 0.29) is 24.9 Å². The van der Waals surface area contributed by atoms with Gasteiger partial charge in [0.25, 0.3) is 0 Å². The number of ether oxygens (including phenoxy) is 1. The van der Waals surface area contributed by atoms with Crippen LogP contribution in [0.1, 0.15) is 25.3 Å². The zero-order valence-corrected chi connectivity index (χ0v) is 16.8. The van der Waals surface area contributed by atoms with E-state index in [1.54, 1.807) is 24.1 Å². The Hall–Kier alpha value is -2.86. The van der Waals surface area contributed by atoms with Gasteiger partial charge in [0, 0.05) is 16.6 Å². The fraction of sp³-hybridized carbons (Fsp3) is 0.286. The molecular formula is C21H22ClN3O3. The molecule has 0 bridgehead atoms. The Bertz CT molecular complexity index is 938. The number of carbonyl (C=O) groups excluding carboxylic acids is 1. The second-order valence-electron chi connectivity index (χ2n) is 6.65. The summed E-state index contributed by atoms with van der Waals surface area (Å²) in [6, 6.07) is 14.6. The first-order chi connectivity index (χ1) is 13.5. The molecule has 146 valence electrons. The largest absolute Gasteiger partial charge is 0.497 e. The number of amides is 1. The first-order valence-corrected chi connectivity index (χ1v) is 9.35. The standard InChI is InChI=1S/C21H22ClN3O3/c1-14(2)25(20(26)12-15-5-4-6-18(11-15)27-3)13-19-23-24-21(28-19)16-7-9-17(22)10-8-16/h4-11,14H,12-13H2,1-3H3. The molecule has 0 aliphatic heterocycles. The molecular weight excluding hydrogens is 378 g/mol. The maximum Gasteiger partial charge on any atom is 0.247 e. The molecule has 0 N–H and O–H groups in total. The van der Waals surface area contributed by atoms with E-state index in [1.807, 2.05) is 50.2 Å². The Morgan fingerprint density at radius 2 is 1.93 bits per heavy atom. The number of hydrogen-bond acceptors (Lipinski definition) is 5. The molecule has 0 aliphatic rings. The summed E-state index contributed by atoms with van der Waals surface area (Å²) in [6.07, 6.45) is 0.271. The summed E-state index contributed by atoms with van der Waals surface area (Å²) in [6.45, 7) is 4.17. The summed E-state index contributed by atoms with van der Waals surface area (Å²) in [5.41, 5.74) is 1.67. The normalized spacial score (nSPS) is 10.9. The maximum atomic E-state index is 12.9. The summed E-state index contributed by atoms with van der Waals surface area (Å²) in [7, 11) is 1.61. The summed E-state index contributed by atoms with van der Waals surface area (Å²) < 4.78 is 11.0. The quantitative estimate of drug-likeness (QED) is 0.589. The smallest absolute Gasteiger partial charge is 0.247 e. The fourth-order valence-electron chi connectivity index (χ4n) is 2.79. The predicted octanol–water partition coefficient (Wildman–Crippen LogP) is 4.38. The van der Waals surface area contributed by atoms with Gasteiger partial charge in [0.2, 0.25) is 17.7 Å². The molecule has 3 rings (SSSR count). The number of methoxy groups -OCH3 is 1.